The Morgan fingerprint density at radius 1 is 1.19 bits per heavy atom. The zero-order valence-corrected chi connectivity index (χ0v) is 12.1. The molecule has 2 aliphatic carbocycles. The van der Waals surface area contributed by atoms with Crippen LogP contribution in [0.2, 0.25) is 0 Å². The van der Waals surface area contributed by atoms with E-state index in [2.05, 4.69) is 17.4 Å². The summed E-state index contributed by atoms with van der Waals surface area (Å²) in [6.45, 7) is 0. The Hall–Kier alpha value is -1.84. The molecule has 1 atom stereocenters. The first kappa shape index (κ1) is 14.1. The van der Waals surface area contributed by atoms with E-state index in [0.29, 0.717) is 0 Å². The lowest BCUT2D eigenvalue weighted by molar-refractivity contribution is -0.142. The minimum Gasteiger partial charge on any atom is -0.480 e. The Bertz CT molecular complexity index is 563. The van der Waals surface area contributed by atoms with E-state index in [1.165, 1.54) is 24.0 Å². The van der Waals surface area contributed by atoms with Gasteiger partial charge in [0.1, 0.15) is 6.04 Å². The summed E-state index contributed by atoms with van der Waals surface area (Å²) in [7, 11) is 0. The molecule has 1 aromatic rings. The number of aryl methyl sites for hydroxylation is 2. The average Bonchev–Trinajstić information content (AvgIpc) is 3.29. The van der Waals surface area contributed by atoms with Crippen molar-refractivity contribution in [2.45, 2.75) is 51.0 Å². The second kappa shape index (κ2) is 5.88. The summed E-state index contributed by atoms with van der Waals surface area (Å²) in [5.74, 6) is -0.990. The van der Waals surface area contributed by atoms with Crippen molar-refractivity contribution in [1.29, 1.82) is 0 Å². The molecule has 0 radical (unpaired) electrons. The molecular formula is C17H21NO3. The Balaban J connectivity index is 1.63. The molecule has 1 fully saturated rings. The van der Waals surface area contributed by atoms with Crippen LogP contribution in [0.4, 0.5) is 0 Å². The summed E-state index contributed by atoms with van der Waals surface area (Å²) in [5.41, 5.74) is 3.73. The van der Waals surface area contributed by atoms with Crippen LogP contribution in [-0.4, -0.2) is 23.0 Å². The molecule has 2 N–H and O–H groups in total. The van der Waals surface area contributed by atoms with Crippen LogP contribution in [0.5, 0.6) is 0 Å². The van der Waals surface area contributed by atoms with Gasteiger partial charge in [0.15, 0.2) is 0 Å². The van der Waals surface area contributed by atoms with Gasteiger partial charge in [0.25, 0.3) is 0 Å². The van der Waals surface area contributed by atoms with Crippen LogP contribution in [0.3, 0.4) is 0 Å². The Morgan fingerprint density at radius 2 is 1.90 bits per heavy atom. The third kappa shape index (κ3) is 3.43. The molecule has 112 valence electrons. The molecule has 3 rings (SSSR count). The second-order valence-corrected chi connectivity index (χ2v) is 6.21. The minimum absolute atomic E-state index is 0.120. The van der Waals surface area contributed by atoms with Crippen LogP contribution in [0.15, 0.2) is 18.2 Å². The van der Waals surface area contributed by atoms with Crippen molar-refractivity contribution in [2.24, 2.45) is 5.92 Å². The zero-order chi connectivity index (χ0) is 14.8. The van der Waals surface area contributed by atoms with E-state index in [1.807, 2.05) is 6.07 Å². The predicted octanol–water partition coefficient (Wildman–Crippen LogP) is 2.09. The van der Waals surface area contributed by atoms with Crippen LogP contribution < -0.4 is 5.32 Å². The SMILES string of the molecule is O=C(Cc1ccc2c(c1)CCCC2)NC(C(=O)O)C1CC1. The standard InChI is InChI=1S/C17H21NO3/c19-15(18-16(17(20)21)13-7-8-13)10-11-5-6-12-3-1-2-4-14(12)9-11/h5-6,9,13,16H,1-4,7-8,10H2,(H,18,19)(H,20,21). The molecule has 0 heterocycles. The van der Waals surface area contributed by atoms with Gasteiger partial charge in [-0.05, 0) is 61.1 Å². The van der Waals surface area contributed by atoms with Gasteiger partial charge in [0, 0.05) is 0 Å². The molecule has 4 heteroatoms. The monoisotopic (exact) mass is 287 g/mol. The molecule has 1 unspecified atom stereocenters. The molecule has 1 amide bonds. The first-order valence-electron chi connectivity index (χ1n) is 7.76. The van der Waals surface area contributed by atoms with E-state index in [4.69, 9.17) is 5.11 Å². The van der Waals surface area contributed by atoms with Gasteiger partial charge in [-0.15, -0.1) is 0 Å². The van der Waals surface area contributed by atoms with Gasteiger partial charge >= 0.3 is 5.97 Å². The predicted molar refractivity (Wildman–Crippen MR) is 79.1 cm³/mol. The summed E-state index contributed by atoms with van der Waals surface area (Å²) in [6.07, 6.45) is 6.74. The van der Waals surface area contributed by atoms with Gasteiger partial charge in [0.2, 0.25) is 5.91 Å². The summed E-state index contributed by atoms with van der Waals surface area (Å²) in [5, 5.41) is 11.8. The van der Waals surface area contributed by atoms with Gasteiger partial charge in [-0.25, -0.2) is 4.79 Å². The third-order valence-corrected chi connectivity index (χ3v) is 4.45. The third-order valence-electron chi connectivity index (χ3n) is 4.45. The lowest BCUT2D eigenvalue weighted by atomic mass is 9.90. The van der Waals surface area contributed by atoms with Crippen LogP contribution in [0.25, 0.3) is 0 Å². The minimum atomic E-state index is -0.920. The van der Waals surface area contributed by atoms with E-state index < -0.39 is 12.0 Å². The number of amides is 1. The highest BCUT2D eigenvalue weighted by Crippen LogP contribution is 2.32. The molecule has 21 heavy (non-hydrogen) atoms. The number of fused-ring (bicyclic) bond motifs is 1. The maximum Gasteiger partial charge on any atom is 0.326 e. The number of nitrogens with one attached hydrogen (secondary N) is 1. The summed E-state index contributed by atoms with van der Waals surface area (Å²) >= 11 is 0. The Morgan fingerprint density at radius 3 is 2.57 bits per heavy atom. The van der Waals surface area contributed by atoms with E-state index in [9.17, 15) is 9.59 Å². The lowest BCUT2D eigenvalue weighted by Crippen LogP contribution is -2.43. The quantitative estimate of drug-likeness (QED) is 0.871. The van der Waals surface area contributed by atoms with E-state index >= 15 is 0 Å². The van der Waals surface area contributed by atoms with Crippen LogP contribution in [0.1, 0.15) is 42.4 Å². The number of carbonyl (C=O) groups excluding carboxylic acids is 1. The highest BCUT2D eigenvalue weighted by Gasteiger charge is 2.37. The Labute approximate surface area is 124 Å². The number of hydrogen-bond acceptors (Lipinski definition) is 2. The van der Waals surface area contributed by atoms with Gasteiger partial charge in [0.05, 0.1) is 6.42 Å². The maximum atomic E-state index is 12.1. The number of carbonyl (C=O) groups is 2. The largest absolute Gasteiger partial charge is 0.480 e. The molecule has 0 spiro atoms. The number of carboxylic acids is 1. The highest BCUT2D eigenvalue weighted by molar-refractivity contribution is 5.85. The number of aliphatic carboxylic acids is 1. The Kier molecular flexibility index (Phi) is 3.95. The summed E-state index contributed by atoms with van der Waals surface area (Å²) < 4.78 is 0. The fourth-order valence-corrected chi connectivity index (χ4v) is 3.12. The first-order valence-corrected chi connectivity index (χ1v) is 7.76. The van der Waals surface area contributed by atoms with Crippen molar-refractivity contribution in [3.63, 3.8) is 0 Å². The number of rotatable bonds is 5. The normalized spacial score (nSPS) is 18.7. The van der Waals surface area contributed by atoms with Crippen molar-refractivity contribution in [3.8, 4) is 0 Å². The molecular weight excluding hydrogens is 266 g/mol. The molecule has 0 bridgehead atoms. The van der Waals surface area contributed by atoms with Gasteiger partial charge in [-0.1, -0.05) is 18.2 Å². The highest BCUT2D eigenvalue weighted by atomic mass is 16.4. The van der Waals surface area contributed by atoms with Crippen molar-refractivity contribution < 1.29 is 14.7 Å². The number of hydrogen-bond donors (Lipinski definition) is 2. The zero-order valence-electron chi connectivity index (χ0n) is 12.1. The lowest BCUT2D eigenvalue weighted by Gasteiger charge is -2.17. The average molecular weight is 287 g/mol. The fourth-order valence-electron chi connectivity index (χ4n) is 3.12. The molecule has 1 aromatic carbocycles. The van der Waals surface area contributed by atoms with E-state index in [1.54, 1.807) is 0 Å². The maximum absolute atomic E-state index is 12.1. The summed E-state index contributed by atoms with van der Waals surface area (Å²) in [4.78, 5) is 23.2. The number of benzene rings is 1. The van der Waals surface area contributed by atoms with Crippen molar-refractivity contribution in [3.05, 3.63) is 34.9 Å². The molecule has 0 saturated heterocycles. The van der Waals surface area contributed by atoms with Crippen LogP contribution in [0, 0.1) is 5.92 Å². The summed E-state index contributed by atoms with van der Waals surface area (Å²) in [6, 6.07) is 5.51. The molecule has 0 aromatic heterocycles. The molecule has 0 aliphatic heterocycles. The van der Waals surface area contributed by atoms with Crippen molar-refractivity contribution >= 4 is 11.9 Å². The van der Waals surface area contributed by atoms with E-state index in [0.717, 1.165) is 31.2 Å². The first-order chi connectivity index (χ1) is 10.1. The van der Waals surface area contributed by atoms with Gasteiger partial charge in [-0.3, -0.25) is 4.79 Å². The fraction of sp³-hybridized carbons (Fsp3) is 0.529. The topological polar surface area (TPSA) is 66.4 Å². The number of carboxylic acid groups (broad SMARTS) is 1. The van der Waals surface area contributed by atoms with Gasteiger partial charge < -0.3 is 10.4 Å². The van der Waals surface area contributed by atoms with Crippen molar-refractivity contribution in [1.82, 2.24) is 5.32 Å². The van der Waals surface area contributed by atoms with Crippen LogP contribution in [-0.2, 0) is 28.9 Å². The molecule has 2 aliphatic rings. The smallest absolute Gasteiger partial charge is 0.326 e. The van der Waals surface area contributed by atoms with E-state index in [-0.39, 0.29) is 18.2 Å². The molecule has 4 nitrogen and oxygen atoms in total. The van der Waals surface area contributed by atoms with Gasteiger partial charge in [-0.2, -0.15) is 0 Å². The molecule has 1 saturated carbocycles. The van der Waals surface area contributed by atoms with Crippen LogP contribution >= 0.6 is 0 Å². The van der Waals surface area contributed by atoms with Crippen molar-refractivity contribution in [2.75, 3.05) is 0 Å². The second-order valence-electron chi connectivity index (χ2n) is 6.21.